The van der Waals surface area contributed by atoms with Gasteiger partial charge in [0.2, 0.25) is 0 Å². The number of aliphatic hydroxyl groups excluding tert-OH is 1. The van der Waals surface area contributed by atoms with Crippen molar-refractivity contribution in [1.82, 2.24) is 5.32 Å². The van der Waals surface area contributed by atoms with E-state index in [1.54, 1.807) is 36.5 Å². The number of nitriles is 1. The Hall–Kier alpha value is -2.82. The minimum atomic E-state index is -3.83. The van der Waals surface area contributed by atoms with Crippen LogP contribution in [0.5, 0.6) is 0 Å². The maximum absolute atomic E-state index is 13.6. The Bertz CT molecular complexity index is 1160. The number of hydrogen-bond acceptors (Lipinski definition) is 5. The van der Waals surface area contributed by atoms with E-state index in [2.05, 4.69) is 11.4 Å². The molecule has 0 saturated heterocycles. The summed E-state index contributed by atoms with van der Waals surface area (Å²) in [4.78, 5) is 0.171. The summed E-state index contributed by atoms with van der Waals surface area (Å²) in [6.07, 6.45) is 5.14. The summed E-state index contributed by atoms with van der Waals surface area (Å²) in [6, 6.07) is 10.7. The van der Waals surface area contributed by atoms with Crippen LogP contribution in [0.4, 0.5) is 5.69 Å². The molecule has 0 radical (unpaired) electrons. The normalized spacial score (nSPS) is 20.3. The Morgan fingerprint density at radius 3 is 2.79 bits per heavy atom. The van der Waals surface area contributed by atoms with Crippen LogP contribution >= 0.6 is 0 Å². The number of benzene rings is 2. The maximum atomic E-state index is 13.6. The minimum Gasteiger partial charge on any atom is -0.369 e. The first kappa shape index (κ1) is 17.3. The van der Waals surface area contributed by atoms with E-state index >= 15 is 0 Å². The van der Waals surface area contributed by atoms with Crippen molar-refractivity contribution in [2.45, 2.75) is 36.3 Å². The summed E-state index contributed by atoms with van der Waals surface area (Å²) in [5.74, 6) is 0.443. The molecule has 2 aliphatic heterocycles. The molecule has 2 N–H and O–H groups in total. The fraction of sp³-hybridized carbons (Fsp3) is 0.286. The van der Waals surface area contributed by atoms with Gasteiger partial charge in [0.25, 0.3) is 10.0 Å². The lowest BCUT2D eigenvalue weighted by atomic mass is 9.98. The lowest BCUT2D eigenvalue weighted by Gasteiger charge is -2.25. The van der Waals surface area contributed by atoms with E-state index in [0.717, 1.165) is 24.0 Å². The topological polar surface area (TPSA) is 93.4 Å². The molecule has 142 valence electrons. The highest BCUT2D eigenvalue weighted by Crippen LogP contribution is 2.47. The zero-order valence-electron chi connectivity index (χ0n) is 15.1. The van der Waals surface area contributed by atoms with Crippen LogP contribution in [0.2, 0.25) is 0 Å². The van der Waals surface area contributed by atoms with Crippen molar-refractivity contribution in [3.05, 3.63) is 64.3 Å². The molecule has 2 heterocycles. The molecule has 6 nitrogen and oxygen atoms in total. The SMILES string of the molecule is N#Cc1cc(C2CC2)c2c(c1)N(S(=O)(=O)c1cccc3c1C=CNC3O)CC2. The Kier molecular flexibility index (Phi) is 3.76. The highest BCUT2D eigenvalue weighted by molar-refractivity contribution is 7.93. The summed E-state index contributed by atoms with van der Waals surface area (Å²) >= 11 is 0. The average Bonchev–Trinajstić information content (AvgIpc) is 3.45. The summed E-state index contributed by atoms with van der Waals surface area (Å²) in [5.41, 5.74) is 4.33. The number of nitrogens with one attached hydrogen (secondary N) is 1. The van der Waals surface area contributed by atoms with Gasteiger partial charge in [-0.1, -0.05) is 12.1 Å². The molecule has 0 spiro atoms. The Labute approximate surface area is 163 Å². The van der Waals surface area contributed by atoms with Crippen LogP contribution in [0.15, 0.2) is 41.4 Å². The Balaban J connectivity index is 1.65. The third kappa shape index (κ3) is 2.53. The van der Waals surface area contributed by atoms with E-state index in [9.17, 15) is 18.8 Å². The van der Waals surface area contributed by atoms with Crippen molar-refractivity contribution in [3.8, 4) is 6.07 Å². The third-order valence-corrected chi connectivity index (χ3v) is 7.58. The lowest BCUT2D eigenvalue weighted by Crippen LogP contribution is -2.30. The van der Waals surface area contributed by atoms with E-state index in [1.807, 2.05) is 6.07 Å². The van der Waals surface area contributed by atoms with Gasteiger partial charge in [-0.15, -0.1) is 0 Å². The monoisotopic (exact) mass is 393 g/mol. The van der Waals surface area contributed by atoms with Crippen molar-refractivity contribution in [1.29, 1.82) is 5.26 Å². The van der Waals surface area contributed by atoms with Crippen LogP contribution in [0.25, 0.3) is 6.08 Å². The molecule has 0 aromatic heterocycles. The second-order valence-corrected chi connectivity index (χ2v) is 9.27. The molecule has 1 fully saturated rings. The Morgan fingerprint density at radius 1 is 1.21 bits per heavy atom. The van der Waals surface area contributed by atoms with Crippen LogP contribution in [-0.4, -0.2) is 20.1 Å². The van der Waals surface area contributed by atoms with E-state index < -0.39 is 16.3 Å². The minimum absolute atomic E-state index is 0.171. The van der Waals surface area contributed by atoms with Crippen LogP contribution in [0.1, 0.15) is 52.8 Å². The molecule has 5 rings (SSSR count). The smallest absolute Gasteiger partial charge is 0.264 e. The van der Waals surface area contributed by atoms with E-state index in [0.29, 0.717) is 41.3 Å². The quantitative estimate of drug-likeness (QED) is 0.836. The zero-order chi connectivity index (χ0) is 19.5. The lowest BCUT2D eigenvalue weighted by molar-refractivity contribution is 0.154. The number of rotatable bonds is 3. The van der Waals surface area contributed by atoms with Gasteiger partial charge in [0, 0.05) is 17.7 Å². The van der Waals surface area contributed by atoms with E-state index in [4.69, 9.17) is 0 Å². The highest BCUT2D eigenvalue weighted by atomic mass is 32.2. The van der Waals surface area contributed by atoms with Gasteiger partial charge in [-0.3, -0.25) is 4.31 Å². The fourth-order valence-electron chi connectivity index (χ4n) is 4.21. The molecule has 28 heavy (non-hydrogen) atoms. The van der Waals surface area contributed by atoms with E-state index in [1.165, 1.54) is 4.31 Å². The highest BCUT2D eigenvalue weighted by Gasteiger charge is 2.37. The second-order valence-electron chi connectivity index (χ2n) is 7.44. The predicted octanol–water partition coefficient (Wildman–Crippen LogP) is 2.75. The van der Waals surface area contributed by atoms with Crippen LogP contribution < -0.4 is 9.62 Å². The average molecular weight is 393 g/mol. The summed E-state index contributed by atoms with van der Waals surface area (Å²) in [5, 5.41) is 22.3. The number of fused-ring (bicyclic) bond motifs is 2. The molecule has 3 aliphatic rings. The van der Waals surface area contributed by atoms with Crippen LogP contribution in [-0.2, 0) is 16.4 Å². The van der Waals surface area contributed by atoms with Gasteiger partial charge in [-0.05, 0) is 66.8 Å². The van der Waals surface area contributed by atoms with Crippen molar-refractivity contribution in [2.24, 2.45) is 0 Å². The largest absolute Gasteiger partial charge is 0.369 e. The second kappa shape index (κ2) is 6.09. The number of aliphatic hydroxyl groups is 1. The number of anilines is 1. The maximum Gasteiger partial charge on any atom is 0.264 e. The van der Waals surface area contributed by atoms with Crippen molar-refractivity contribution < 1.29 is 13.5 Å². The van der Waals surface area contributed by atoms with Crippen LogP contribution in [0, 0.1) is 11.3 Å². The molecule has 7 heteroatoms. The summed E-state index contributed by atoms with van der Waals surface area (Å²) in [6.45, 7) is 0.362. The summed E-state index contributed by atoms with van der Waals surface area (Å²) in [7, 11) is -3.83. The molecule has 2 aromatic rings. The van der Waals surface area contributed by atoms with E-state index in [-0.39, 0.29) is 4.90 Å². The van der Waals surface area contributed by atoms with Crippen molar-refractivity contribution >= 4 is 21.8 Å². The molecule has 0 amide bonds. The number of hydrogen-bond donors (Lipinski definition) is 2. The van der Waals surface area contributed by atoms with Gasteiger partial charge in [-0.25, -0.2) is 8.42 Å². The third-order valence-electron chi connectivity index (χ3n) is 5.71. The first-order valence-electron chi connectivity index (χ1n) is 9.34. The van der Waals surface area contributed by atoms with Crippen molar-refractivity contribution in [2.75, 3.05) is 10.8 Å². The molecule has 0 bridgehead atoms. The molecular formula is C21H19N3O3S. The van der Waals surface area contributed by atoms with Crippen LogP contribution in [0.3, 0.4) is 0 Å². The predicted molar refractivity (Wildman–Crippen MR) is 105 cm³/mol. The first-order valence-corrected chi connectivity index (χ1v) is 10.8. The first-order chi connectivity index (χ1) is 13.5. The van der Waals surface area contributed by atoms with Gasteiger partial charge in [0.15, 0.2) is 6.23 Å². The molecule has 1 unspecified atom stereocenters. The molecule has 1 atom stereocenters. The van der Waals surface area contributed by atoms with Gasteiger partial charge < -0.3 is 10.4 Å². The standard InChI is InChI=1S/C21H19N3O3S/c22-12-13-10-18(14-4-5-14)15-7-9-24(19(15)11-13)28(26,27)20-3-1-2-17-16(20)6-8-23-21(17)25/h1-3,6,8,10-11,14,21,23,25H,4-5,7,9H2. The van der Waals surface area contributed by atoms with Gasteiger partial charge in [0.1, 0.15) is 0 Å². The number of nitrogens with zero attached hydrogens (tertiary/aromatic N) is 2. The fourth-order valence-corrected chi connectivity index (χ4v) is 5.92. The van der Waals surface area contributed by atoms with Gasteiger partial charge in [-0.2, -0.15) is 5.26 Å². The Morgan fingerprint density at radius 2 is 2.04 bits per heavy atom. The molecular weight excluding hydrogens is 374 g/mol. The number of sulfonamides is 1. The molecule has 2 aromatic carbocycles. The molecule has 1 saturated carbocycles. The molecule has 1 aliphatic carbocycles. The van der Waals surface area contributed by atoms with Gasteiger partial charge >= 0.3 is 0 Å². The van der Waals surface area contributed by atoms with Crippen molar-refractivity contribution in [3.63, 3.8) is 0 Å². The van der Waals surface area contributed by atoms with Gasteiger partial charge in [0.05, 0.1) is 22.2 Å². The summed E-state index contributed by atoms with van der Waals surface area (Å²) < 4.78 is 28.6. The zero-order valence-corrected chi connectivity index (χ0v) is 15.9.